The van der Waals surface area contributed by atoms with Gasteiger partial charge in [0.1, 0.15) is 17.2 Å². The van der Waals surface area contributed by atoms with E-state index in [2.05, 4.69) is 5.32 Å². The number of carbonyl (C=O) groups excluding carboxylic acids is 2. The zero-order valence-electron chi connectivity index (χ0n) is 14.9. The van der Waals surface area contributed by atoms with Crippen LogP contribution in [0.3, 0.4) is 0 Å². The van der Waals surface area contributed by atoms with E-state index in [0.717, 1.165) is 17.0 Å². The zero-order valence-corrected chi connectivity index (χ0v) is 15.7. The number of ether oxygens (including phenoxy) is 1. The summed E-state index contributed by atoms with van der Waals surface area (Å²) in [5.74, 6) is -1.24. The van der Waals surface area contributed by atoms with Crippen LogP contribution in [0.2, 0.25) is 5.02 Å². The Balaban J connectivity index is 1.52. The molecule has 0 unspecified atom stereocenters. The van der Waals surface area contributed by atoms with Gasteiger partial charge >= 0.3 is 5.97 Å². The number of amides is 1. The molecule has 7 heteroatoms. The van der Waals surface area contributed by atoms with Crippen molar-refractivity contribution in [2.24, 2.45) is 0 Å². The Bertz CT molecular complexity index is 991. The molecule has 3 aromatic rings. The third-order valence-electron chi connectivity index (χ3n) is 3.98. The first-order valence-electron chi connectivity index (χ1n) is 8.50. The van der Waals surface area contributed by atoms with Gasteiger partial charge in [-0.15, -0.1) is 0 Å². The maximum absolute atomic E-state index is 13.6. The van der Waals surface area contributed by atoms with E-state index in [9.17, 15) is 14.0 Å². The Labute approximate surface area is 165 Å². The minimum absolute atomic E-state index is 0.0732. The molecule has 0 aliphatic heterocycles. The second-order valence-electron chi connectivity index (χ2n) is 6.05. The van der Waals surface area contributed by atoms with Gasteiger partial charge in [0.2, 0.25) is 0 Å². The van der Waals surface area contributed by atoms with Gasteiger partial charge in [0.05, 0.1) is 11.1 Å². The van der Waals surface area contributed by atoms with Crippen LogP contribution in [-0.4, -0.2) is 18.5 Å². The van der Waals surface area contributed by atoms with Gasteiger partial charge in [-0.3, -0.25) is 4.79 Å². The number of hydrogen-bond acceptors (Lipinski definition) is 4. The normalized spacial score (nSPS) is 12.2. The van der Waals surface area contributed by atoms with Crippen molar-refractivity contribution >= 4 is 40.5 Å². The second kappa shape index (κ2) is 8.71. The monoisotopic (exact) mass is 401 g/mol. The fraction of sp³-hybridized carbons (Fsp3) is 0.143. The largest absolute Gasteiger partial charge is 0.459 e. The third kappa shape index (κ3) is 4.78. The summed E-state index contributed by atoms with van der Waals surface area (Å²) in [6.07, 6.45) is 2.22. The average molecular weight is 402 g/mol. The molecule has 0 aliphatic carbocycles. The number of fused-ring (bicyclic) bond motifs is 1. The molecule has 1 atom stereocenters. The van der Waals surface area contributed by atoms with E-state index < -0.39 is 30.3 Å². The quantitative estimate of drug-likeness (QED) is 0.482. The lowest BCUT2D eigenvalue weighted by atomic mass is 10.2. The smallest absolute Gasteiger partial charge is 0.331 e. The van der Waals surface area contributed by atoms with Gasteiger partial charge in [0, 0.05) is 17.0 Å². The first-order valence-corrected chi connectivity index (χ1v) is 8.88. The van der Waals surface area contributed by atoms with Gasteiger partial charge in [-0.05, 0) is 37.3 Å². The standard InChI is InChI=1S/C21H17ClFNO4/c1-13(19-11-14-5-2-3-8-18(14)28-19)24-20(25)12-27-21(26)10-9-15-16(22)6-4-7-17(15)23/h2-11,13H,12H2,1H3,(H,24,25)/b10-9+/t13-/m0/s1. The number of halogens is 2. The molecule has 144 valence electrons. The minimum Gasteiger partial charge on any atom is -0.459 e. The second-order valence-corrected chi connectivity index (χ2v) is 6.46. The van der Waals surface area contributed by atoms with Crippen LogP contribution in [0.1, 0.15) is 24.3 Å². The molecule has 0 fully saturated rings. The summed E-state index contributed by atoms with van der Waals surface area (Å²) >= 11 is 5.87. The number of carbonyl (C=O) groups is 2. The summed E-state index contributed by atoms with van der Waals surface area (Å²) in [4.78, 5) is 23.7. The zero-order chi connectivity index (χ0) is 20.1. The van der Waals surface area contributed by atoms with Gasteiger partial charge in [-0.2, -0.15) is 0 Å². The molecule has 0 saturated carbocycles. The summed E-state index contributed by atoms with van der Waals surface area (Å²) in [6.45, 7) is 1.29. The molecule has 1 amide bonds. The van der Waals surface area contributed by atoms with E-state index >= 15 is 0 Å². The highest BCUT2D eigenvalue weighted by Gasteiger charge is 2.15. The molecule has 0 aliphatic rings. The van der Waals surface area contributed by atoms with Crippen molar-refractivity contribution in [2.45, 2.75) is 13.0 Å². The molecule has 1 N–H and O–H groups in total. The highest BCUT2D eigenvalue weighted by molar-refractivity contribution is 6.32. The molecule has 0 spiro atoms. The highest BCUT2D eigenvalue weighted by atomic mass is 35.5. The van der Waals surface area contributed by atoms with Crippen molar-refractivity contribution in [3.05, 3.63) is 76.8 Å². The van der Waals surface area contributed by atoms with Crippen molar-refractivity contribution < 1.29 is 23.1 Å². The maximum Gasteiger partial charge on any atom is 0.331 e. The van der Waals surface area contributed by atoms with E-state index in [-0.39, 0.29) is 10.6 Å². The van der Waals surface area contributed by atoms with Crippen LogP contribution in [0.5, 0.6) is 0 Å². The predicted octanol–water partition coefficient (Wildman–Crippen LogP) is 4.66. The number of furan rings is 1. The Hall–Kier alpha value is -3.12. The minimum atomic E-state index is -0.786. The molecule has 0 saturated heterocycles. The number of hydrogen-bond donors (Lipinski definition) is 1. The van der Waals surface area contributed by atoms with Gasteiger partial charge in [0.15, 0.2) is 6.61 Å². The molecule has 3 rings (SSSR count). The van der Waals surface area contributed by atoms with Gasteiger partial charge in [-0.1, -0.05) is 35.9 Å². The average Bonchev–Trinajstić information content (AvgIpc) is 3.10. The summed E-state index contributed by atoms with van der Waals surface area (Å²) in [5, 5.41) is 3.79. The number of rotatable bonds is 6. The summed E-state index contributed by atoms with van der Waals surface area (Å²) < 4.78 is 24.2. The molecule has 2 aromatic carbocycles. The molecule has 0 bridgehead atoms. The number of benzene rings is 2. The summed E-state index contributed by atoms with van der Waals surface area (Å²) in [7, 11) is 0. The van der Waals surface area contributed by atoms with Crippen LogP contribution in [0.15, 0.2) is 59.0 Å². The Kier molecular flexibility index (Phi) is 6.11. The summed E-state index contributed by atoms with van der Waals surface area (Å²) in [5.41, 5.74) is 0.797. The molecular weight excluding hydrogens is 385 g/mol. The molecule has 5 nitrogen and oxygen atoms in total. The topological polar surface area (TPSA) is 68.5 Å². The molecule has 1 aromatic heterocycles. The van der Waals surface area contributed by atoms with E-state index in [4.69, 9.17) is 20.8 Å². The molecule has 0 radical (unpaired) electrons. The molecule has 28 heavy (non-hydrogen) atoms. The number of esters is 1. The van der Waals surface area contributed by atoms with Gasteiger partial charge in [-0.25, -0.2) is 9.18 Å². The fourth-order valence-corrected chi connectivity index (χ4v) is 2.80. The summed E-state index contributed by atoms with van der Waals surface area (Å²) in [6, 6.07) is 13.1. The van der Waals surface area contributed by atoms with E-state index in [1.807, 2.05) is 30.3 Å². The van der Waals surface area contributed by atoms with Crippen LogP contribution in [0.25, 0.3) is 17.0 Å². The number of nitrogens with one attached hydrogen (secondary N) is 1. The lowest BCUT2D eigenvalue weighted by Crippen LogP contribution is -2.30. The lowest BCUT2D eigenvalue weighted by Gasteiger charge is -2.11. The van der Waals surface area contributed by atoms with Crippen LogP contribution < -0.4 is 5.32 Å². The fourth-order valence-electron chi connectivity index (χ4n) is 2.58. The van der Waals surface area contributed by atoms with Gasteiger partial charge in [0.25, 0.3) is 5.91 Å². The van der Waals surface area contributed by atoms with Crippen LogP contribution in [-0.2, 0) is 14.3 Å². The van der Waals surface area contributed by atoms with Crippen molar-refractivity contribution in [2.75, 3.05) is 6.61 Å². The van der Waals surface area contributed by atoms with Crippen molar-refractivity contribution in [1.82, 2.24) is 5.32 Å². The predicted molar refractivity (Wildman–Crippen MR) is 104 cm³/mol. The first-order chi connectivity index (χ1) is 13.4. The Morgan fingerprint density at radius 1 is 1.25 bits per heavy atom. The lowest BCUT2D eigenvalue weighted by molar-refractivity contribution is -0.144. The molecular formula is C21H17ClFNO4. The van der Waals surface area contributed by atoms with E-state index in [1.165, 1.54) is 24.3 Å². The van der Waals surface area contributed by atoms with Crippen molar-refractivity contribution in [3.63, 3.8) is 0 Å². The van der Waals surface area contributed by atoms with Crippen molar-refractivity contribution in [1.29, 1.82) is 0 Å². The third-order valence-corrected chi connectivity index (χ3v) is 4.31. The first kappa shape index (κ1) is 19.6. The Morgan fingerprint density at radius 2 is 2.04 bits per heavy atom. The van der Waals surface area contributed by atoms with E-state index in [0.29, 0.717) is 5.76 Å². The SMILES string of the molecule is C[C@H](NC(=O)COC(=O)/C=C/c1c(F)cccc1Cl)c1cc2ccccc2o1. The van der Waals surface area contributed by atoms with Crippen molar-refractivity contribution in [3.8, 4) is 0 Å². The Morgan fingerprint density at radius 3 is 2.79 bits per heavy atom. The van der Waals surface area contributed by atoms with Gasteiger partial charge < -0.3 is 14.5 Å². The van der Waals surface area contributed by atoms with E-state index in [1.54, 1.807) is 6.92 Å². The van der Waals surface area contributed by atoms with Crippen LogP contribution in [0, 0.1) is 5.82 Å². The number of para-hydroxylation sites is 1. The molecule has 1 heterocycles. The maximum atomic E-state index is 13.6. The highest BCUT2D eigenvalue weighted by Crippen LogP contribution is 2.23. The van der Waals surface area contributed by atoms with Crippen LogP contribution >= 0.6 is 11.6 Å². The van der Waals surface area contributed by atoms with Crippen LogP contribution in [0.4, 0.5) is 4.39 Å².